The van der Waals surface area contributed by atoms with Gasteiger partial charge in [-0.15, -0.1) is 0 Å². The number of fused-ring (bicyclic) bond motifs is 3. The Bertz CT molecular complexity index is 1190. The number of halogens is 3. The van der Waals surface area contributed by atoms with E-state index in [4.69, 9.17) is 0 Å². The zero-order valence-corrected chi connectivity index (χ0v) is 20.7. The summed E-state index contributed by atoms with van der Waals surface area (Å²) in [7, 11) is 0. The van der Waals surface area contributed by atoms with Gasteiger partial charge in [0.05, 0.1) is 12.6 Å². The van der Waals surface area contributed by atoms with Gasteiger partial charge in [0.1, 0.15) is 5.82 Å². The van der Waals surface area contributed by atoms with Crippen molar-refractivity contribution in [1.82, 2.24) is 9.47 Å². The van der Waals surface area contributed by atoms with Gasteiger partial charge < -0.3 is 14.6 Å². The van der Waals surface area contributed by atoms with Crippen molar-refractivity contribution in [3.05, 3.63) is 75.4 Å². The van der Waals surface area contributed by atoms with E-state index in [0.29, 0.717) is 13.1 Å². The molecule has 2 heterocycles. The first-order chi connectivity index (χ1) is 15.5. The number of rotatable bonds is 5. The summed E-state index contributed by atoms with van der Waals surface area (Å²) in [5.41, 5.74) is 3.30. The minimum Gasteiger partial charge on any atom is -0.390 e. The number of hydrogen-bond donors (Lipinski definition) is 1. The lowest BCUT2D eigenvalue weighted by atomic mass is 10.2. The van der Waals surface area contributed by atoms with Crippen LogP contribution in [0.25, 0.3) is 21.8 Å². The summed E-state index contributed by atoms with van der Waals surface area (Å²) in [5.74, 6) is -0.208. The second kappa shape index (κ2) is 9.14. The Morgan fingerprint density at radius 3 is 1.91 bits per heavy atom. The van der Waals surface area contributed by atoms with Crippen LogP contribution in [0, 0.1) is 5.82 Å². The molecule has 0 spiro atoms. The van der Waals surface area contributed by atoms with Crippen LogP contribution in [0.5, 0.6) is 0 Å². The highest BCUT2D eigenvalue weighted by Gasteiger charge is 2.21. The van der Waals surface area contributed by atoms with Crippen molar-refractivity contribution >= 4 is 59.4 Å². The first kappa shape index (κ1) is 21.9. The van der Waals surface area contributed by atoms with Gasteiger partial charge in [0.2, 0.25) is 0 Å². The van der Waals surface area contributed by atoms with Crippen molar-refractivity contribution in [1.29, 1.82) is 0 Å². The number of hydrogen-bond acceptors (Lipinski definition) is 3. The van der Waals surface area contributed by atoms with Gasteiger partial charge in [0, 0.05) is 69.2 Å². The van der Waals surface area contributed by atoms with Crippen molar-refractivity contribution in [2.75, 3.05) is 37.6 Å². The Labute approximate surface area is 203 Å². The van der Waals surface area contributed by atoms with Gasteiger partial charge in [-0.05, 0) is 60.7 Å². The molecule has 1 aromatic heterocycles. The lowest BCUT2D eigenvalue weighted by molar-refractivity contribution is 0.0969. The van der Waals surface area contributed by atoms with Gasteiger partial charge in [-0.1, -0.05) is 31.9 Å². The van der Waals surface area contributed by atoms with E-state index in [0.717, 1.165) is 51.8 Å². The van der Waals surface area contributed by atoms with Crippen molar-refractivity contribution in [3.8, 4) is 0 Å². The predicted molar refractivity (Wildman–Crippen MR) is 136 cm³/mol. The molecule has 1 N–H and O–H groups in total. The molecule has 5 rings (SSSR count). The van der Waals surface area contributed by atoms with Crippen LogP contribution in [-0.2, 0) is 6.54 Å². The lowest BCUT2D eigenvalue weighted by Crippen LogP contribution is -2.49. The molecule has 1 aliphatic rings. The maximum Gasteiger partial charge on any atom is 0.123 e. The molecule has 0 aliphatic carbocycles. The fourth-order valence-corrected chi connectivity index (χ4v) is 5.37. The first-order valence-electron chi connectivity index (χ1n) is 10.8. The van der Waals surface area contributed by atoms with Crippen molar-refractivity contribution < 1.29 is 9.50 Å². The van der Waals surface area contributed by atoms with Gasteiger partial charge in [0.25, 0.3) is 0 Å². The Hall–Kier alpha value is -1.93. The lowest BCUT2D eigenvalue weighted by Gasteiger charge is -2.37. The molecular weight excluding hydrogens is 537 g/mol. The number of aliphatic hydroxyl groups is 1. The molecule has 0 radical (unpaired) electrons. The van der Waals surface area contributed by atoms with Gasteiger partial charge in [-0.25, -0.2) is 4.39 Å². The fourth-order valence-electron chi connectivity index (χ4n) is 4.65. The number of aromatic nitrogens is 1. The standard InChI is InChI=1S/C25H24Br2FN3O/c26-17-1-7-24-22(13-17)23-14-18(27)2-8-25(23)31(24)16-21(32)15-29-9-11-30(12-10-29)20-5-3-19(28)4-6-20/h1-8,13-14,21,32H,9-12,15-16H2/t21-/m1/s1. The fraction of sp³-hybridized carbons (Fsp3) is 0.280. The quantitative estimate of drug-likeness (QED) is 0.343. The van der Waals surface area contributed by atoms with E-state index in [1.807, 2.05) is 24.3 Å². The minimum atomic E-state index is -0.474. The Balaban J connectivity index is 1.29. The largest absolute Gasteiger partial charge is 0.390 e. The van der Waals surface area contributed by atoms with Crippen LogP contribution in [0.2, 0.25) is 0 Å². The van der Waals surface area contributed by atoms with E-state index in [1.54, 1.807) is 0 Å². The second-order valence-electron chi connectivity index (χ2n) is 8.35. The van der Waals surface area contributed by atoms with Crippen LogP contribution in [0.15, 0.2) is 69.6 Å². The van der Waals surface area contributed by atoms with E-state index in [1.165, 1.54) is 22.9 Å². The number of β-amino-alcohol motifs (C(OH)–C–C–N with tert-alkyl or cyclic N) is 1. The molecule has 3 aromatic carbocycles. The highest BCUT2D eigenvalue weighted by molar-refractivity contribution is 9.10. The molecule has 1 saturated heterocycles. The molecule has 1 atom stereocenters. The van der Waals surface area contributed by atoms with Crippen molar-refractivity contribution in [3.63, 3.8) is 0 Å². The van der Waals surface area contributed by atoms with E-state index in [9.17, 15) is 9.50 Å². The third-order valence-electron chi connectivity index (χ3n) is 6.22. The summed E-state index contributed by atoms with van der Waals surface area (Å²) >= 11 is 7.18. The van der Waals surface area contributed by atoms with Gasteiger partial charge >= 0.3 is 0 Å². The van der Waals surface area contributed by atoms with Gasteiger partial charge in [-0.2, -0.15) is 0 Å². The summed E-state index contributed by atoms with van der Waals surface area (Å²) in [6, 6.07) is 19.3. The van der Waals surface area contributed by atoms with E-state index < -0.39 is 6.10 Å². The molecule has 32 heavy (non-hydrogen) atoms. The van der Waals surface area contributed by atoms with E-state index >= 15 is 0 Å². The average molecular weight is 561 g/mol. The van der Waals surface area contributed by atoms with Gasteiger partial charge in [-0.3, -0.25) is 4.90 Å². The monoisotopic (exact) mass is 559 g/mol. The van der Waals surface area contributed by atoms with Gasteiger partial charge in [0.15, 0.2) is 0 Å². The molecule has 4 nitrogen and oxygen atoms in total. The van der Waals surface area contributed by atoms with Crippen LogP contribution in [0.3, 0.4) is 0 Å². The summed E-state index contributed by atoms with van der Waals surface area (Å²) in [6.45, 7) is 4.67. The summed E-state index contributed by atoms with van der Waals surface area (Å²) < 4.78 is 17.5. The molecule has 0 unspecified atom stereocenters. The molecule has 0 amide bonds. The van der Waals surface area contributed by atoms with E-state index in [2.05, 4.69) is 70.5 Å². The molecule has 1 aliphatic heterocycles. The number of nitrogens with zero attached hydrogens (tertiary/aromatic N) is 3. The van der Waals surface area contributed by atoms with Crippen LogP contribution in [0.4, 0.5) is 10.1 Å². The van der Waals surface area contributed by atoms with Crippen LogP contribution >= 0.6 is 31.9 Å². The number of aliphatic hydroxyl groups excluding tert-OH is 1. The smallest absolute Gasteiger partial charge is 0.123 e. The zero-order valence-electron chi connectivity index (χ0n) is 17.5. The topological polar surface area (TPSA) is 31.6 Å². The maximum absolute atomic E-state index is 13.2. The Morgan fingerprint density at radius 1 is 0.781 bits per heavy atom. The Kier molecular flexibility index (Phi) is 6.25. The molecule has 7 heteroatoms. The maximum atomic E-state index is 13.2. The normalized spacial score (nSPS) is 16.2. The summed E-state index contributed by atoms with van der Waals surface area (Å²) in [6.07, 6.45) is -0.474. The molecule has 1 fully saturated rings. The SMILES string of the molecule is O[C@H](CN1CCN(c2ccc(F)cc2)CC1)Cn1c2ccc(Br)cc2c2cc(Br)ccc21. The van der Waals surface area contributed by atoms with Crippen molar-refractivity contribution in [2.24, 2.45) is 0 Å². The number of benzene rings is 3. The summed E-state index contributed by atoms with van der Waals surface area (Å²) in [4.78, 5) is 4.58. The Morgan fingerprint density at radius 2 is 1.34 bits per heavy atom. The molecule has 4 aromatic rings. The molecule has 0 bridgehead atoms. The highest BCUT2D eigenvalue weighted by Crippen LogP contribution is 2.33. The minimum absolute atomic E-state index is 0.208. The van der Waals surface area contributed by atoms with Crippen LogP contribution in [0.1, 0.15) is 0 Å². The number of piperazine rings is 1. The molecule has 166 valence electrons. The zero-order chi connectivity index (χ0) is 22.2. The number of anilines is 1. The van der Waals surface area contributed by atoms with Crippen LogP contribution in [-0.4, -0.2) is 53.4 Å². The molecular formula is C25H24Br2FN3O. The van der Waals surface area contributed by atoms with Crippen molar-refractivity contribution in [2.45, 2.75) is 12.6 Å². The molecule has 0 saturated carbocycles. The second-order valence-corrected chi connectivity index (χ2v) is 10.2. The van der Waals surface area contributed by atoms with Crippen LogP contribution < -0.4 is 4.90 Å². The average Bonchev–Trinajstić information content (AvgIpc) is 3.07. The first-order valence-corrected chi connectivity index (χ1v) is 12.3. The third-order valence-corrected chi connectivity index (χ3v) is 7.20. The highest BCUT2D eigenvalue weighted by atomic mass is 79.9. The van der Waals surface area contributed by atoms with E-state index in [-0.39, 0.29) is 5.82 Å². The summed E-state index contributed by atoms with van der Waals surface area (Å²) in [5, 5.41) is 13.3. The predicted octanol–water partition coefficient (Wildman–Crippen LogP) is 5.64. The third kappa shape index (κ3) is 4.44.